The van der Waals surface area contributed by atoms with Crippen LogP contribution >= 0.6 is 31.9 Å². The molecule has 0 saturated heterocycles. The van der Waals surface area contributed by atoms with E-state index in [2.05, 4.69) is 31.9 Å². The van der Waals surface area contributed by atoms with E-state index in [-0.39, 0.29) is 26.8 Å². The van der Waals surface area contributed by atoms with Gasteiger partial charge in [-0.05, 0) is 28.1 Å². The van der Waals surface area contributed by atoms with Gasteiger partial charge in [0, 0.05) is 5.69 Å². The topological polar surface area (TPSA) is 43.1 Å². The molecule has 0 aliphatic carbocycles. The van der Waals surface area contributed by atoms with Crippen molar-refractivity contribution in [3.05, 3.63) is 28.0 Å². The summed E-state index contributed by atoms with van der Waals surface area (Å²) < 4.78 is 13.5. The second kappa shape index (κ2) is 4.19. The fraction of sp³-hybridized carbons (Fsp3) is 0.125. The zero-order chi connectivity index (χ0) is 10.0. The van der Waals surface area contributed by atoms with Gasteiger partial charge in [0.2, 0.25) is 0 Å². The number of anilines is 1. The average Bonchev–Trinajstić information content (AvgIpc) is 2.13. The van der Waals surface area contributed by atoms with Crippen molar-refractivity contribution < 1.29 is 9.18 Å². The molecule has 0 fully saturated rings. The van der Waals surface area contributed by atoms with E-state index in [0.717, 1.165) is 0 Å². The largest absolute Gasteiger partial charge is 0.398 e. The summed E-state index contributed by atoms with van der Waals surface area (Å²) >= 11 is 5.93. The minimum Gasteiger partial charge on any atom is -0.398 e. The molecule has 0 amide bonds. The fourth-order valence-corrected chi connectivity index (χ4v) is 1.50. The third-order valence-corrected chi connectivity index (χ3v) is 2.85. The van der Waals surface area contributed by atoms with E-state index in [1.54, 1.807) is 0 Å². The molecule has 0 aliphatic heterocycles. The van der Waals surface area contributed by atoms with Crippen LogP contribution in [0.5, 0.6) is 0 Å². The Labute approximate surface area is 91.6 Å². The summed E-state index contributed by atoms with van der Waals surface area (Å²) in [5.41, 5.74) is 5.74. The lowest BCUT2D eigenvalue weighted by atomic mass is 10.1. The van der Waals surface area contributed by atoms with E-state index >= 15 is 0 Å². The van der Waals surface area contributed by atoms with Crippen LogP contribution in [0, 0.1) is 5.82 Å². The number of carbonyl (C=O) groups excluding carboxylic acids is 1. The van der Waals surface area contributed by atoms with Crippen LogP contribution in [0.25, 0.3) is 0 Å². The summed E-state index contributed by atoms with van der Waals surface area (Å²) in [6.07, 6.45) is 0. The van der Waals surface area contributed by atoms with Gasteiger partial charge < -0.3 is 5.73 Å². The van der Waals surface area contributed by atoms with Gasteiger partial charge in [-0.25, -0.2) is 4.39 Å². The molecule has 0 radical (unpaired) electrons. The number of Topliss-reactive ketones (excluding diaryl/α,β-unsaturated/α-hetero) is 1. The highest BCUT2D eigenvalue weighted by atomic mass is 79.9. The number of ketones is 1. The number of nitrogen functional groups attached to an aromatic ring is 1. The van der Waals surface area contributed by atoms with Crippen molar-refractivity contribution in [1.82, 2.24) is 0 Å². The SMILES string of the molecule is Nc1ccc(C(=O)CBr)c(F)c1Br. The van der Waals surface area contributed by atoms with Crippen molar-refractivity contribution in [1.29, 1.82) is 0 Å². The minimum atomic E-state index is -0.607. The molecule has 13 heavy (non-hydrogen) atoms. The van der Waals surface area contributed by atoms with Crippen LogP contribution in [0.3, 0.4) is 0 Å². The fourth-order valence-electron chi connectivity index (χ4n) is 0.852. The molecule has 0 atom stereocenters. The zero-order valence-corrected chi connectivity index (χ0v) is 9.65. The lowest BCUT2D eigenvalue weighted by molar-refractivity contribution is 0.102. The van der Waals surface area contributed by atoms with Gasteiger partial charge in [-0.15, -0.1) is 0 Å². The van der Waals surface area contributed by atoms with Crippen LogP contribution in [0.15, 0.2) is 16.6 Å². The Hall–Kier alpha value is -0.420. The number of hydrogen-bond donors (Lipinski definition) is 1. The predicted molar refractivity (Wildman–Crippen MR) is 56.6 cm³/mol. The first-order valence-electron chi connectivity index (χ1n) is 3.40. The molecule has 0 aliphatic rings. The molecule has 0 saturated carbocycles. The molecule has 70 valence electrons. The second-order valence-electron chi connectivity index (χ2n) is 2.39. The van der Waals surface area contributed by atoms with Gasteiger partial charge in [-0.3, -0.25) is 4.79 Å². The lowest BCUT2D eigenvalue weighted by Crippen LogP contribution is -2.05. The number of rotatable bonds is 2. The average molecular weight is 311 g/mol. The Morgan fingerprint density at radius 3 is 2.69 bits per heavy atom. The molecular weight excluding hydrogens is 305 g/mol. The van der Waals surface area contributed by atoms with E-state index in [9.17, 15) is 9.18 Å². The summed E-state index contributed by atoms with van der Waals surface area (Å²) in [6.45, 7) is 0. The van der Waals surface area contributed by atoms with E-state index in [0.29, 0.717) is 0 Å². The maximum atomic E-state index is 13.3. The van der Waals surface area contributed by atoms with Crippen LogP contribution in [0.1, 0.15) is 10.4 Å². The van der Waals surface area contributed by atoms with Gasteiger partial charge in [-0.1, -0.05) is 15.9 Å². The third kappa shape index (κ3) is 2.08. The number of halogens is 3. The second-order valence-corrected chi connectivity index (χ2v) is 3.74. The quantitative estimate of drug-likeness (QED) is 0.518. The molecule has 1 aromatic carbocycles. The highest BCUT2D eigenvalue weighted by Crippen LogP contribution is 2.25. The van der Waals surface area contributed by atoms with Gasteiger partial charge >= 0.3 is 0 Å². The lowest BCUT2D eigenvalue weighted by Gasteiger charge is -2.03. The molecule has 5 heteroatoms. The van der Waals surface area contributed by atoms with E-state index < -0.39 is 5.82 Å². The van der Waals surface area contributed by atoms with E-state index in [1.807, 2.05) is 0 Å². The van der Waals surface area contributed by atoms with E-state index in [4.69, 9.17) is 5.73 Å². The summed E-state index contributed by atoms with van der Waals surface area (Å²) in [5.74, 6) is -0.914. The molecule has 0 heterocycles. The molecule has 1 rings (SSSR count). The number of benzene rings is 1. The van der Waals surface area contributed by atoms with Gasteiger partial charge in [0.05, 0.1) is 15.4 Å². The number of nitrogens with two attached hydrogens (primary N) is 1. The standard InChI is InChI=1S/C8H6Br2FNO/c9-3-6(13)4-1-2-5(12)7(10)8(4)11/h1-2H,3,12H2. The molecule has 2 nitrogen and oxygen atoms in total. The van der Waals surface area contributed by atoms with Crippen molar-refractivity contribution >= 4 is 43.3 Å². The minimum absolute atomic E-state index is 0.0398. The van der Waals surface area contributed by atoms with Crippen LogP contribution in [-0.2, 0) is 0 Å². The van der Waals surface area contributed by atoms with Crippen molar-refractivity contribution in [3.8, 4) is 0 Å². The Kier molecular flexibility index (Phi) is 3.44. The maximum Gasteiger partial charge on any atom is 0.176 e. The number of alkyl halides is 1. The number of hydrogen-bond acceptors (Lipinski definition) is 2. The summed E-state index contributed by atoms with van der Waals surface area (Å²) in [5, 5.41) is 0.0975. The molecule has 0 bridgehead atoms. The molecule has 1 aromatic rings. The van der Waals surface area contributed by atoms with Crippen LogP contribution in [0.4, 0.5) is 10.1 Å². The molecular formula is C8H6Br2FNO. The van der Waals surface area contributed by atoms with Crippen molar-refractivity contribution in [2.75, 3.05) is 11.1 Å². The summed E-state index contributed by atoms with van der Waals surface area (Å²) in [6, 6.07) is 2.86. The molecule has 0 spiro atoms. The van der Waals surface area contributed by atoms with Crippen molar-refractivity contribution in [2.24, 2.45) is 0 Å². The van der Waals surface area contributed by atoms with Gasteiger partial charge in [0.25, 0.3) is 0 Å². The third-order valence-electron chi connectivity index (χ3n) is 1.53. The van der Waals surface area contributed by atoms with Gasteiger partial charge in [0.1, 0.15) is 5.82 Å². The maximum absolute atomic E-state index is 13.3. The highest BCUT2D eigenvalue weighted by Gasteiger charge is 2.14. The first-order chi connectivity index (χ1) is 6.07. The Morgan fingerprint density at radius 1 is 1.54 bits per heavy atom. The van der Waals surface area contributed by atoms with Crippen molar-refractivity contribution in [2.45, 2.75) is 0 Å². The molecule has 0 unspecified atom stereocenters. The van der Waals surface area contributed by atoms with Crippen molar-refractivity contribution in [3.63, 3.8) is 0 Å². The summed E-state index contributed by atoms with van der Waals surface area (Å²) in [7, 11) is 0. The normalized spacial score (nSPS) is 10.1. The van der Waals surface area contributed by atoms with Crippen LogP contribution in [0.2, 0.25) is 0 Å². The first kappa shape index (κ1) is 10.7. The van der Waals surface area contributed by atoms with Crippen LogP contribution < -0.4 is 5.73 Å². The first-order valence-corrected chi connectivity index (χ1v) is 5.32. The Morgan fingerprint density at radius 2 is 2.15 bits per heavy atom. The Bertz CT molecular complexity index is 354. The Balaban J connectivity index is 3.26. The predicted octanol–water partition coefficient (Wildman–Crippen LogP) is 2.75. The monoisotopic (exact) mass is 309 g/mol. The van der Waals surface area contributed by atoms with Gasteiger partial charge in [0.15, 0.2) is 5.78 Å². The number of carbonyl (C=O) groups is 1. The molecule has 2 N–H and O–H groups in total. The molecule has 0 aromatic heterocycles. The van der Waals surface area contributed by atoms with E-state index in [1.165, 1.54) is 12.1 Å². The summed E-state index contributed by atoms with van der Waals surface area (Å²) in [4.78, 5) is 11.1. The van der Waals surface area contributed by atoms with Crippen LogP contribution in [-0.4, -0.2) is 11.1 Å². The zero-order valence-electron chi connectivity index (χ0n) is 6.48. The van der Waals surface area contributed by atoms with Gasteiger partial charge in [-0.2, -0.15) is 0 Å². The smallest absolute Gasteiger partial charge is 0.176 e. The highest BCUT2D eigenvalue weighted by molar-refractivity contribution is 9.10.